The second-order valence-electron chi connectivity index (χ2n) is 13.1. The Bertz CT molecular complexity index is 1430. The van der Waals surface area contributed by atoms with Crippen molar-refractivity contribution in [2.75, 3.05) is 50.4 Å². The van der Waals surface area contributed by atoms with Crippen molar-refractivity contribution in [3.8, 4) is 11.1 Å². The quantitative estimate of drug-likeness (QED) is 0.139. The van der Waals surface area contributed by atoms with Crippen molar-refractivity contribution in [1.82, 2.24) is 9.80 Å². The number of para-hydroxylation sites is 1. The van der Waals surface area contributed by atoms with Crippen molar-refractivity contribution >= 4 is 29.3 Å². The number of likely N-dealkylation sites (N-methyl/N-ethyl adjacent to an activating group) is 1. The number of esters is 1. The molecule has 9 heteroatoms. The predicted molar refractivity (Wildman–Crippen MR) is 188 cm³/mol. The van der Waals surface area contributed by atoms with E-state index in [2.05, 4.69) is 15.5 Å². The highest BCUT2D eigenvalue weighted by molar-refractivity contribution is 5.91. The molecule has 1 heterocycles. The monoisotopic (exact) mass is 642 g/mol. The molecule has 252 valence electrons. The Kier molecular flexibility index (Phi) is 13.2. The van der Waals surface area contributed by atoms with Gasteiger partial charge in [0.25, 0.3) is 0 Å². The van der Waals surface area contributed by atoms with Gasteiger partial charge in [0.05, 0.1) is 11.3 Å². The number of benzene rings is 3. The summed E-state index contributed by atoms with van der Waals surface area (Å²) in [6.45, 7) is 9.52. The minimum atomic E-state index is -0.516. The standard InChI is InChI=1S/C38H50N4O5/c1-38(2,3)47-36(44)30-18-20-31(21-19-30)39-24-12-6-9-17-35(43)41(4)27-28-42-25-22-32(23-26-42)46-37(45)40-34-16-11-10-15-33(34)29-13-7-5-8-14-29/h5,7-8,10-11,13-16,18-21,32,39H,6,9,12,17,22-28H2,1-4H3,(H,40,45). The van der Waals surface area contributed by atoms with Crippen LogP contribution in [0.5, 0.6) is 0 Å². The number of anilines is 2. The first-order valence-corrected chi connectivity index (χ1v) is 16.7. The number of rotatable bonds is 14. The van der Waals surface area contributed by atoms with Gasteiger partial charge in [0, 0.05) is 57.4 Å². The zero-order chi connectivity index (χ0) is 33.6. The van der Waals surface area contributed by atoms with Crippen LogP contribution in [0.25, 0.3) is 11.1 Å². The Hall–Kier alpha value is -4.37. The summed E-state index contributed by atoms with van der Waals surface area (Å²) < 4.78 is 11.2. The van der Waals surface area contributed by atoms with E-state index in [0.29, 0.717) is 18.5 Å². The summed E-state index contributed by atoms with van der Waals surface area (Å²) in [5, 5.41) is 6.30. The van der Waals surface area contributed by atoms with Gasteiger partial charge in [-0.2, -0.15) is 0 Å². The lowest BCUT2D eigenvalue weighted by molar-refractivity contribution is -0.130. The van der Waals surface area contributed by atoms with E-state index < -0.39 is 11.7 Å². The van der Waals surface area contributed by atoms with Gasteiger partial charge < -0.3 is 24.6 Å². The van der Waals surface area contributed by atoms with Gasteiger partial charge in [-0.25, -0.2) is 9.59 Å². The summed E-state index contributed by atoms with van der Waals surface area (Å²) in [5.74, 6) is -0.155. The van der Waals surface area contributed by atoms with E-state index in [1.54, 1.807) is 12.1 Å². The maximum Gasteiger partial charge on any atom is 0.411 e. The molecule has 0 saturated carbocycles. The summed E-state index contributed by atoms with van der Waals surface area (Å²) in [5.41, 5.74) is 3.70. The van der Waals surface area contributed by atoms with Crippen LogP contribution in [-0.4, -0.2) is 79.2 Å². The van der Waals surface area contributed by atoms with E-state index in [-0.39, 0.29) is 18.0 Å². The number of amides is 2. The molecule has 0 atom stereocenters. The molecule has 1 aliphatic heterocycles. The normalized spacial score (nSPS) is 13.9. The van der Waals surface area contributed by atoms with Gasteiger partial charge in [0.15, 0.2) is 0 Å². The molecule has 9 nitrogen and oxygen atoms in total. The molecule has 3 aromatic rings. The van der Waals surface area contributed by atoms with Crippen LogP contribution < -0.4 is 10.6 Å². The lowest BCUT2D eigenvalue weighted by Gasteiger charge is -2.32. The van der Waals surface area contributed by atoms with E-state index in [1.165, 1.54) is 0 Å². The topological polar surface area (TPSA) is 100 Å². The van der Waals surface area contributed by atoms with Crippen molar-refractivity contribution in [3.63, 3.8) is 0 Å². The Balaban J connectivity index is 1.05. The Morgan fingerprint density at radius 1 is 0.872 bits per heavy atom. The van der Waals surface area contributed by atoms with Crippen LogP contribution in [0.3, 0.4) is 0 Å². The molecule has 0 spiro atoms. The Morgan fingerprint density at radius 3 is 2.26 bits per heavy atom. The van der Waals surface area contributed by atoms with Gasteiger partial charge in [-0.1, -0.05) is 55.0 Å². The van der Waals surface area contributed by atoms with E-state index in [1.807, 2.05) is 99.4 Å². The van der Waals surface area contributed by atoms with Gasteiger partial charge in [-0.15, -0.1) is 0 Å². The number of piperidine rings is 1. The molecule has 47 heavy (non-hydrogen) atoms. The molecule has 4 rings (SSSR count). The fraction of sp³-hybridized carbons (Fsp3) is 0.447. The molecular weight excluding hydrogens is 592 g/mol. The Morgan fingerprint density at radius 2 is 1.55 bits per heavy atom. The number of nitrogens with one attached hydrogen (secondary N) is 2. The average molecular weight is 643 g/mol. The molecule has 1 saturated heterocycles. The summed E-state index contributed by atoms with van der Waals surface area (Å²) in [6, 6.07) is 25.0. The number of nitrogens with zero attached hydrogens (tertiary/aromatic N) is 2. The molecule has 2 amide bonds. The predicted octanol–water partition coefficient (Wildman–Crippen LogP) is 7.45. The molecule has 0 bridgehead atoms. The molecular formula is C38H50N4O5. The van der Waals surface area contributed by atoms with Crippen LogP contribution in [0.15, 0.2) is 78.9 Å². The lowest BCUT2D eigenvalue weighted by Crippen LogP contribution is -2.42. The number of hydrogen-bond donors (Lipinski definition) is 2. The highest BCUT2D eigenvalue weighted by Crippen LogP contribution is 2.28. The molecule has 0 radical (unpaired) electrons. The SMILES string of the molecule is CN(CCN1CCC(OC(=O)Nc2ccccc2-c2ccccc2)CC1)C(=O)CCCCCNc1ccc(C(=O)OC(C)(C)C)cc1. The molecule has 0 aliphatic carbocycles. The maximum absolute atomic E-state index is 12.7. The van der Waals surface area contributed by atoms with E-state index >= 15 is 0 Å². The van der Waals surface area contributed by atoms with Gasteiger partial charge >= 0.3 is 12.1 Å². The molecule has 3 aromatic carbocycles. The third-order valence-corrected chi connectivity index (χ3v) is 8.15. The van der Waals surface area contributed by atoms with Crippen molar-refractivity contribution in [2.45, 2.75) is 71.0 Å². The molecule has 0 aromatic heterocycles. The number of carbonyl (C=O) groups excluding carboxylic acids is 3. The second kappa shape index (κ2) is 17.5. The molecule has 1 aliphatic rings. The van der Waals surface area contributed by atoms with Crippen molar-refractivity contribution in [3.05, 3.63) is 84.4 Å². The average Bonchev–Trinajstić information content (AvgIpc) is 3.06. The van der Waals surface area contributed by atoms with Crippen molar-refractivity contribution < 1.29 is 23.9 Å². The smallest absolute Gasteiger partial charge is 0.411 e. The van der Waals surface area contributed by atoms with Gasteiger partial charge in [-0.05, 0) is 82.3 Å². The molecule has 0 unspecified atom stereocenters. The lowest BCUT2D eigenvalue weighted by atomic mass is 10.0. The van der Waals surface area contributed by atoms with Crippen LogP contribution in [0.2, 0.25) is 0 Å². The number of carbonyl (C=O) groups is 3. The first-order valence-electron chi connectivity index (χ1n) is 16.7. The van der Waals surface area contributed by atoms with Crippen LogP contribution >= 0.6 is 0 Å². The molecule has 2 N–H and O–H groups in total. The first kappa shape index (κ1) is 35.5. The minimum absolute atomic E-state index is 0.124. The minimum Gasteiger partial charge on any atom is -0.456 e. The maximum atomic E-state index is 12.7. The summed E-state index contributed by atoms with van der Waals surface area (Å²) in [4.78, 5) is 41.7. The largest absolute Gasteiger partial charge is 0.456 e. The first-order chi connectivity index (χ1) is 22.6. The van der Waals surface area contributed by atoms with Crippen LogP contribution in [0, 0.1) is 0 Å². The third-order valence-electron chi connectivity index (χ3n) is 8.15. The zero-order valence-corrected chi connectivity index (χ0v) is 28.3. The van der Waals surface area contributed by atoms with Crippen molar-refractivity contribution in [1.29, 1.82) is 0 Å². The number of hydrogen-bond acceptors (Lipinski definition) is 7. The van der Waals surface area contributed by atoms with Gasteiger partial charge in [-0.3, -0.25) is 10.1 Å². The van der Waals surface area contributed by atoms with E-state index in [9.17, 15) is 14.4 Å². The van der Waals surface area contributed by atoms with Crippen molar-refractivity contribution in [2.24, 2.45) is 0 Å². The fourth-order valence-electron chi connectivity index (χ4n) is 5.48. The summed E-state index contributed by atoms with van der Waals surface area (Å²) >= 11 is 0. The van der Waals surface area contributed by atoms with Crippen LogP contribution in [0.4, 0.5) is 16.2 Å². The van der Waals surface area contributed by atoms with E-state index in [4.69, 9.17) is 9.47 Å². The number of ether oxygens (including phenoxy) is 2. The summed E-state index contributed by atoms with van der Waals surface area (Å²) in [7, 11) is 1.87. The van der Waals surface area contributed by atoms with E-state index in [0.717, 1.165) is 80.8 Å². The third kappa shape index (κ3) is 12.1. The van der Waals surface area contributed by atoms with Crippen LogP contribution in [0.1, 0.15) is 69.7 Å². The fourth-order valence-corrected chi connectivity index (χ4v) is 5.48. The molecule has 1 fully saturated rings. The zero-order valence-electron chi connectivity index (χ0n) is 28.3. The number of likely N-dealkylation sites (tertiary alicyclic amines) is 1. The highest BCUT2D eigenvalue weighted by atomic mass is 16.6. The van der Waals surface area contributed by atoms with Crippen LogP contribution in [-0.2, 0) is 14.3 Å². The Labute approximate surface area is 279 Å². The van der Waals surface area contributed by atoms with Gasteiger partial charge in [0.1, 0.15) is 11.7 Å². The highest BCUT2D eigenvalue weighted by Gasteiger charge is 2.23. The summed E-state index contributed by atoms with van der Waals surface area (Å²) in [6.07, 6.45) is 4.30. The number of unbranched alkanes of at least 4 members (excludes halogenated alkanes) is 2. The van der Waals surface area contributed by atoms with Gasteiger partial charge in [0.2, 0.25) is 5.91 Å². The second-order valence-corrected chi connectivity index (χ2v) is 13.1.